The van der Waals surface area contributed by atoms with E-state index in [0.29, 0.717) is 19.1 Å². The number of carbonyl (C=O) groups excluding carboxylic acids is 1. The van der Waals surface area contributed by atoms with Crippen LogP contribution in [0.1, 0.15) is 74.4 Å². The van der Waals surface area contributed by atoms with Crippen LogP contribution < -0.4 is 4.74 Å². The summed E-state index contributed by atoms with van der Waals surface area (Å²) in [6.07, 6.45) is 5.78. The van der Waals surface area contributed by atoms with Gasteiger partial charge < -0.3 is 14.2 Å². The molecular weight excluding hydrogens is 470 g/mol. The van der Waals surface area contributed by atoms with Crippen molar-refractivity contribution >= 4 is 16.9 Å². The van der Waals surface area contributed by atoms with E-state index in [4.69, 9.17) is 9.72 Å². The van der Waals surface area contributed by atoms with Gasteiger partial charge in [0.15, 0.2) is 0 Å². The molecule has 5 rings (SSSR count). The van der Waals surface area contributed by atoms with E-state index in [-0.39, 0.29) is 18.5 Å². The number of amides is 1. The molecule has 0 radical (unpaired) electrons. The van der Waals surface area contributed by atoms with Gasteiger partial charge >= 0.3 is 0 Å². The molecule has 1 aliphatic rings. The molecule has 5 heteroatoms. The van der Waals surface area contributed by atoms with Crippen molar-refractivity contribution in [1.82, 2.24) is 14.5 Å². The lowest BCUT2D eigenvalue weighted by molar-refractivity contribution is -0.135. The summed E-state index contributed by atoms with van der Waals surface area (Å²) in [6.45, 7) is 7.65. The molecule has 0 spiro atoms. The number of ether oxygens (including phenoxy) is 1. The minimum atomic E-state index is 0.142. The number of para-hydroxylation sites is 2. The highest BCUT2D eigenvalue weighted by molar-refractivity contribution is 5.81. The van der Waals surface area contributed by atoms with E-state index < -0.39 is 0 Å². The average Bonchev–Trinajstić information content (AvgIpc) is 3.28. The normalized spacial score (nSPS) is 14.2. The summed E-state index contributed by atoms with van der Waals surface area (Å²) < 4.78 is 8.44. The maximum Gasteiger partial charge on any atom is 0.243 e. The topological polar surface area (TPSA) is 47.4 Å². The quantitative estimate of drug-likeness (QED) is 0.236. The fourth-order valence-electron chi connectivity index (χ4n) is 5.62. The smallest absolute Gasteiger partial charge is 0.243 e. The van der Waals surface area contributed by atoms with E-state index in [1.54, 1.807) is 0 Å². The van der Waals surface area contributed by atoms with Gasteiger partial charge in [-0.3, -0.25) is 4.79 Å². The number of fused-ring (bicyclic) bond motifs is 1. The van der Waals surface area contributed by atoms with Gasteiger partial charge in [0.1, 0.15) is 24.7 Å². The lowest BCUT2D eigenvalue weighted by Gasteiger charge is -2.35. The largest absolute Gasteiger partial charge is 0.485 e. The van der Waals surface area contributed by atoms with Crippen LogP contribution in [0, 0.1) is 6.92 Å². The molecule has 4 aromatic rings. The van der Waals surface area contributed by atoms with Crippen LogP contribution in [0.4, 0.5) is 0 Å². The maximum atomic E-state index is 14.0. The number of hydrogen-bond donors (Lipinski definition) is 0. The van der Waals surface area contributed by atoms with Gasteiger partial charge in [-0.2, -0.15) is 0 Å². The van der Waals surface area contributed by atoms with E-state index >= 15 is 0 Å². The molecule has 38 heavy (non-hydrogen) atoms. The number of carbonyl (C=O) groups is 1. The Balaban J connectivity index is 1.43. The van der Waals surface area contributed by atoms with Crippen molar-refractivity contribution in [2.45, 2.75) is 84.5 Å². The van der Waals surface area contributed by atoms with E-state index in [0.717, 1.165) is 41.0 Å². The van der Waals surface area contributed by atoms with Crippen molar-refractivity contribution in [3.8, 4) is 5.75 Å². The minimum Gasteiger partial charge on any atom is -0.485 e. The van der Waals surface area contributed by atoms with Crippen LogP contribution in [-0.4, -0.2) is 26.4 Å². The Morgan fingerprint density at radius 1 is 1.00 bits per heavy atom. The summed E-state index contributed by atoms with van der Waals surface area (Å²) in [4.78, 5) is 21.0. The van der Waals surface area contributed by atoms with Gasteiger partial charge in [0.05, 0.1) is 11.0 Å². The molecule has 1 fully saturated rings. The van der Waals surface area contributed by atoms with E-state index in [1.807, 2.05) is 42.5 Å². The van der Waals surface area contributed by atoms with Crippen molar-refractivity contribution in [3.63, 3.8) is 0 Å². The Kier molecular flexibility index (Phi) is 8.11. The fourth-order valence-corrected chi connectivity index (χ4v) is 5.62. The lowest BCUT2D eigenvalue weighted by atomic mass is 9.93. The van der Waals surface area contributed by atoms with Crippen molar-refractivity contribution in [1.29, 1.82) is 0 Å². The SMILES string of the molecule is Cc1ccc(C(C)C)c(OCc2nc3ccccc3n2CC(=O)N(Cc2ccccc2)C2CCCCC2)c1. The second kappa shape index (κ2) is 11.8. The van der Waals surface area contributed by atoms with Gasteiger partial charge in [-0.1, -0.05) is 87.7 Å². The van der Waals surface area contributed by atoms with Gasteiger partial charge in [-0.25, -0.2) is 4.98 Å². The van der Waals surface area contributed by atoms with Crippen molar-refractivity contribution in [2.75, 3.05) is 0 Å². The third-order valence-electron chi connectivity index (χ3n) is 7.71. The van der Waals surface area contributed by atoms with E-state index in [2.05, 4.69) is 60.6 Å². The predicted molar refractivity (Wildman–Crippen MR) is 153 cm³/mol. The van der Waals surface area contributed by atoms with Crippen LogP contribution >= 0.6 is 0 Å². The van der Waals surface area contributed by atoms with Crippen LogP contribution in [0.5, 0.6) is 5.75 Å². The van der Waals surface area contributed by atoms with Gasteiger partial charge in [0.2, 0.25) is 5.91 Å². The summed E-state index contributed by atoms with van der Waals surface area (Å²) in [5.74, 6) is 2.16. The highest BCUT2D eigenvalue weighted by atomic mass is 16.5. The van der Waals surface area contributed by atoms with Crippen molar-refractivity contribution < 1.29 is 9.53 Å². The first kappa shape index (κ1) is 26.0. The molecule has 0 bridgehead atoms. The monoisotopic (exact) mass is 509 g/mol. The zero-order valence-corrected chi connectivity index (χ0v) is 22.9. The number of rotatable bonds is 9. The predicted octanol–water partition coefficient (Wildman–Crippen LogP) is 7.41. The van der Waals surface area contributed by atoms with Gasteiger partial charge in [-0.15, -0.1) is 0 Å². The van der Waals surface area contributed by atoms with Crippen LogP contribution in [-0.2, 0) is 24.5 Å². The summed E-state index contributed by atoms with van der Waals surface area (Å²) >= 11 is 0. The van der Waals surface area contributed by atoms with Crippen molar-refractivity contribution in [2.24, 2.45) is 0 Å². The molecule has 1 aliphatic carbocycles. The minimum absolute atomic E-state index is 0.142. The Bertz CT molecular complexity index is 1370. The Labute approximate surface area is 226 Å². The second-order valence-corrected chi connectivity index (χ2v) is 10.9. The molecule has 0 N–H and O–H groups in total. The first-order valence-corrected chi connectivity index (χ1v) is 14.0. The summed E-state index contributed by atoms with van der Waals surface area (Å²) in [5.41, 5.74) is 5.37. The number of aryl methyl sites for hydroxylation is 1. The van der Waals surface area contributed by atoms with Crippen LogP contribution in [0.15, 0.2) is 72.8 Å². The summed E-state index contributed by atoms with van der Waals surface area (Å²) in [7, 11) is 0. The zero-order chi connectivity index (χ0) is 26.5. The summed E-state index contributed by atoms with van der Waals surface area (Å²) in [5, 5.41) is 0. The van der Waals surface area contributed by atoms with Gasteiger partial charge in [0.25, 0.3) is 0 Å². The standard InChI is InChI=1S/C33H39N3O2/c1-24(2)28-19-18-25(3)20-31(28)38-23-32-34-29-16-10-11-17-30(29)36(32)22-33(37)35(27-14-8-5-9-15-27)21-26-12-6-4-7-13-26/h4,6-7,10-13,16-20,24,27H,5,8-9,14-15,21-23H2,1-3H3. The van der Waals surface area contributed by atoms with E-state index in [1.165, 1.54) is 30.4 Å². The van der Waals surface area contributed by atoms with E-state index in [9.17, 15) is 4.79 Å². The van der Waals surface area contributed by atoms with Crippen LogP contribution in [0.2, 0.25) is 0 Å². The Morgan fingerprint density at radius 3 is 2.50 bits per heavy atom. The number of hydrogen-bond acceptors (Lipinski definition) is 3. The molecule has 198 valence electrons. The lowest BCUT2D eigenvalue weighted by Crippen LogP contribution is -2.42. The fraction of sp³-hybridized carbons (Fsp3) is 0.394. The molecule has 0 unspecified atom stereocenters. The zero-order valence-electron chi connectivity index (χ0n) is 22.9. The Morgan fingerprint density at radius 2 is 1.74 bits per heavy atom. The molecule has 0 aliphatic heterocycles. The molecule has 1 saturated carbocycles. The highest BCUT2D eigenvalue weighted by Gasteiger charge is 2.27. The Hall–Kier alpha value is -3.60. The van der Waals surface area contributed by atoms with Gasteiger partial charge in [0, 0.05) is 12.6 Å². The number of nitrogens with zero attached hydrogens (tertiary/aromatic N) is 3. The second-order valence-electron chi connectivity index (χ2n) is 10.9. The first-order chi connectivity index (χ1) is 18.5. The molecule has 1 heterocycles. The molecule has 3 aromatic carbocycles. The molecule has 5 nitrogen and oxygen atoms in total. The first-order valence-electron chi connectivity index (χ1n) is 14.0. The number of imidazole rings is 1. The molecule has 1 amide bonds. The number of aromatic nitrogens is 2. The molecule has 1 aromatic heterocycles. The van der Waals surface area contributed by atoms with Gasteiger partial charge in [-0.05, 0) is 60.6 Å². The van der Waals surface area contributed by atoms with Crippen LogP contribution in [0.25, 0.3) is 11.0 Å². The van der Waals surface area contributed by atoms with Crippen LogP contribution in [0.3, 0.4) is 0 Å². The molecular formula is C33H39N3O2. The highest BCUT2D eigenvalue weighted by Crippen LogP contribution is 2.29. The van der Waals surface area contributed by atoms with Crippen molar-refractivity contribution in [3.05, 3.63) is 95.3 Å². The average molecular weight is 510 g/mol. The maximum absolute atomic E-state index is 14.0. The third kappa shape index (κ3) is 5.93. The number of benzene rings is 3. The molecule has 0 saturated heterocycles. The third-order valence-corrected chi connectivity index (χ3v) is 7.71. The summed E-state index contributed by atoms with van der Waals surface area (Å²) in [6, 6.07) is 25.1. The molecule has 0 atom stereocenters.